The van der Waals surface area contributed by atoms with Crippen molar-refractivity contribution in [3.05, 3.63) is 118 Å². The van der Waals surface area contributed by atoms with E-state index in [-0.39, 0.29) is 11.8 Å². The summed E-state index contributed by atoms with van der Waals surface area (Å²) in [7, 11) is 0. The number of carbonyl (C=O) groups excluding carboxylic acids is 2. The van der Waals surface area contributed by atoms with E-state index in [1.54, 1.807) is 16.5 Å². The van der Waals surface area contributed by atoms with Gasteiger partial charge in [0.25, 0.3) is 11.8 Å². The molecule has 2 aliphatic rings. The topological polar surface area (TPSA) is 74.8 Å². The van der Waals surface area contributed by atoms with Gasteiger partial charge in [-0.05, 0) is 41.0 Å². The predicted molar refractivity (Wildman–Crippen MR) is 155 cm³/mol. The van der Waals surface area contributed by atoms with E-state index < -0.39 is 6.04 Å². The first kappa shape index (κ1) is 26.0. The minimum atomic E-state index is -0.782. The maximum absolute atomic E-state index is 13.6. The zero-order valence-electron chi connectivity index (χ0n) is 21.9. The number of ether oxygens (including phenoxy) is 1. The third kappa shape index (κ3) is 5.82. The number of amides is 2. The fourth-order valence-corrected chi connectivity index (χ4v) is 5.56. The summed E-state index contributed by atoms with van der Waals surface area (Å²) < 4.78 is 5.43. The standard InChI is InChI=1S/C32H28N4O3S/c37-30(34-32-33-14-19-40-32)29(26-4-2-1-3-5-26)36-22-27-13-12-24(20-28(27)31(36)38)9-6-23-7-10-25(11-8-23)21-35-15-17-39-18-16-35/h1-5,7-8,10-14,19-20,29H,15-18,21-22H2,(H,33,34,37). The van der Waals surface area contributed by atoms with Gasteiger partial charge in [-0.2, -0.15) is 0 Å². The lowest BCUT2D eigenvalue weighted by Gasteiger charge is -2.27. The van der Waals surface area contributed by atoms with Gasteiger partial charge in [0.05, 0.1) is 13.2 Å². The van der Waals surface area contributed by atoms with Gasteiger partial charge < -0.3 is 9.64 Å². The lowest BCUT2D eigenvalue weighted by Crippen LogP contribution is -2.37. The predicted octanol–water partition coefficient (Wildman–Crippen LogP) is 4.71. The van der Waals surface area contributed by atoms with E-state index >= 15 is 0 Å². The lowest BCUT2D eigenvalue weighted by molar-refractivity contribution is -0.120. The van der Waals surface area contributed by atoms with Crippen LogP contribution in [-0.4, -0.2) is 52.9 Å². The Balaban J connectivity index is 1.18. The third-order valence-corrected chi connectivity index (χ3v) is 7.78. The molecule has 1 saturated heterocycles. The Morgan fingerprint density at radius 2 is 1.75 bits per heavy atom. The molecule has 1 N–H and O–H groups in total. The molecule has 0 bridgehead atoms. The molecule has 3 heterocycles. The Kier molecular flexibility index (Phi) is 7.69. The molecule has 0 saturated carbocycles. The fraction of sp³-hybridized carbons (Fsp3) is 0.219. The lowest BCUT2D eigenvalue weighted by atomic mass is 10.0. The van der Waals surface area contributed by atoms with E-state index in [1.165, 1.54) is 16.9 Å². The maximum Gasteiger partial charge on any atom is 0.255 e. The molecule has 0 spiro atoms. The molecule has 1 fully saturated rings. The molecule has 2 aliphatic heterocycles. The summed E-state index contributed by atoms with van der Waals surface area (Å²) in [6.07, 6.45) is 1.64. The van der Waals surface area contributed by atoms with Gasteiger partial charge >= 0.3 is 0 Å². The maximum atomic E-state index is 13.6. The third-order valence-electron chi connectivity index (χ3n) is 7.09. The van der Waals surface area contributed by atoms with Gasteiger partial charge in [0, 0.05) is 54.4 Å². The fourth-order valence-electron chi connectivity index (χ4n) is 5.03. The van der Waals surface area contributed by atoms with Crippen LogP contribution in [0.4, 0.5) is 5.13 Å². The van der Waals surface area contributed by atoms with Gasteiger partial charge in [-0.15, -0.1) is 11.3 Å². The number of fused-ring (bicyclic) bond motifs is 1. The van der Waals surface area contributed by atoms with Crippen LogP contribution >= 0.6 is 11.3 Å². The highest BCUT2D eigenvalue weighted by atomic mass is 32.1. The number of benzene rings is 3. The summed E-state index contributed by atoms with van der Waals surface area (Å²) in [6, 6.07) is 22.6. The molecule has 7 nitrogen and oxygen atoms in total. The second kappa shape index (κ2) is 11.8. The summed E-state index contributed by atoms with van der Waals surface area (Å²) in [5, 5.41) is 5.16. The van der Waals surface area contributed by atoms with Crippen molar-refractivity contribution in [2.24, 2.45) is 0 Å². The Hall–Kier alpha value is -4.29. The molecule has 6 rings (SSSR count). The van der Waals surface area contributed by atoms with Crippen LogP contribution in [0.2, 0.25) is 0 Å². The number of hydrogen-bond acceptors (Lipinski definition) is 6. The Labute approximate surface area is 237 Å². The van der Waals surface area contributed by atoms with Crippen molar-refractivity contribution in [3.8, 4) is 11.8 Å². The number of carbonyl (C=O) groups is 2. The van der Waals surface area contributed by atoms with Gasteiger partial charge in [-0.1, -0.05) is 60.4 Å². The largest absolute Gasteiger partial charge is 0.379 e. The minimum absolute atomic E-state index is 0.186. The van der Waals surface area contributed by atoms with Crippen LogP contribution in [0.3, 0.4) is 0 Å². The number of anilines is 1. The van der Waals surface area contributed by atoms with Crippen molar-refractivity contribution in [3.63, 3.8) is 0 Å². The Morgan fingerprint density at radius 1 is 1.00 bits per heavy atom. The summed E-state index contributed by atoms with van der Waals surface area (Å²) in [4.78, 5) is 35.2. The van der Waals surface area contributed by atoms with E-state index in [1.807, 2.05) is 60.7 Å². The van der Waals surface area contributed by atoms with Gasteiger partial charge in [0.1, 0.15) is 6.04 Å². The van der Waals surface area contributed by atoms with E-state index in [0.29, 0.717) is 17.2 Å². The molecular weight excluding hydrogens is 520 g/mol. The highest BCUT2D eigenvalue weighted by Crippen LogP contribution is 2.33. The molecule has 1 unspecified atom stereocenters. The second-order valence-electron chi connectivity index (χ2n) is 9.78. The first-order valence-electron chi connectivity index (χ1n) is 13.2. The average molecular weight is 549 g/mol. The van der Waals surface area contributed by atoms with E-state index in [2.05, 4.69) is 39.2 Å². The number of aromatic nitrogens is 1. The highest BCUT2D eigenvalue weighted by molar-refractivity contribution is 7.13. The normalized spacial score (nSPS) is 15.7. The molecule has 40 heavy (non-hydrogen) atoms. The molecule has 4 aromatic rings. The van der Waals surface area contributed by atoms with Gasteiger partial charge in [-0.25, -0.2) is 4.98 Å². The molecular formula is C32H28N4O3S. The van der Waals surface area contributed by atoms with Crippen LogP contribution in [0, 0.1) is 11.8 Å². The summed E-state index contributed by atoms with van der Waals surface area (Å²) in [5.74, 6) is 5.95. The molecule has 8 heteroatoms. The number of nitrogens with one attached hydrogen (secondary N) is 1. The van der Waals surface area contributed by atoms with E-state index in [9.17, 15) is 9.59 Å². The van der Waals surface area contributed by atoms with Crippen LogP contribution in [0.5, 0.6) is 0 Å². The van der Waals surface area contributed by atoms with Crippen molar-refractivity contribution >= 4 is 28.3 Å². The molecule has 1 atom stereocenters. The van der Waals surface area contributed by atoms with E-state index in [4.69, 9.17) is 4.74 Å². The van der Waals surface area contributed by atoms with Crippen LogP contribution < -0.4 is 5.32 Å². The van der Waals surface area contributed by atoms with Crippen molar-refractivity contribution < 1.29 is 14.3 Å². The Bertz CT molecular complexity index is 1550. The zero-order valence-corrected chi connectivity index (χ0v) is 22.7. The van der Waals surface area contributed by atoms with Crippen LogP contribution in [0.15, 0.2) is 84.4 Å². The smallest absolute Gasteiger partial charge is 0.255 e. The van der Waals surface area contributed by atoms with Crippen molar-refractivity contribution in [2.45, 2.75) is 19.1 Å². The summed E-state index contributed by atoms with van der Waals surface area (Å²) in [6.45, 7) is 4.75. The first-order chi connectivity index (χ1) is 19.6. The molecule has 2 amide bonds. The number of rotatable bonds is 6. The molecule has 0 aliphatic carbocycles. The molecule has 200 valence electrons. The Morgan fingerprint density at radius 3 is 2.50 bits per heavy atom. The van der Waals surface area contributed by atoms with Gasteiger partial charge in [0.2, 0.25) is 0 Å². The number of hydrogen-bond donors (Lipinski definition) is 1. The monoisotopic (exact) mass is 548 g/mol. The number of morpholine rings is 1. The second-order valence-corrected chi connectivity index (χ2v) is 10.7. The quantitative estimate of drug-likeness (QED) is 0.353. The van der Waals surface area contributed by atoms with Crippen LogP contribution in [0.25, 0.3) is 0 Å². The number of thiazole rings is 1. The first-order valence-corrected chi connectivity index (χ1v) is 14.1. The van der Waals surface area contributed by atoms with Crippen molar-refractivity contribution in [1.82, 2.24) is 14.8 Å². The molecule has 1 aromatic heterocycles. The van der Waals surface area contributed by atoms with Crippen LogP contribution in [0.1, 0.15) is 44.2 Å². The van der Waals surface area contributed by atoms with E-state index in [0.717, 1.165) is 55.1 Å². The van der Waals surface area contributed by atoms with Crippen molar-refractivity contribution in [2.75, 3.05) is 31.6 Å². The zero-order chi connectivity index (χ0) is 27.3. The average Bonchev–Trinajstić information content (AvgIpc) is 3.62. The highest BCUT2D eigenvalue weighted by Gasteiger charge is 2.37. The minimum Gasteiger partial charge on any atom is -0.379 e. The van der Waals surface area contributed by atoms with Gasteiger partial charge in [-0.3, -0.25) is 19.8 Å². The van der Waals surface area contributed by atoms with Gasteiger partial charge in [0.15, 0.2) is 5.13 Å². The summed E-state index contributed by atoms with van der Waals surface area (Å²) in [5.41, 5.74) is 5.14. The molecule has 0 radical (unpaired) electrons. The van der Waals surface area contributed by atoms with Crippen molar-refractivity contribution in [1.29, 1.82) is 0 Å². The van der Waals surface area contributed by atoms with Crippen LogP contribution in [-0.2, 0) is 22.6 Å². The summed E-state index contributed by atoms with van der Waals surface area (Å²) >= 11 is 1.34. The molecule has 3 aromatic carbocycles. The SMILES string of the molecule is O=C(Nc1nccs1)C(c1ccccc1)N1Cc2ccc(C#Cc3ccc(CN4CCOCC4)cc3)cc2C1=O. The number of nitrogens with zero attached hydrogens (tertiary/aromatic N) is 3.